The number of nitro groups is 1. The Labute approximate surface area is 115 Å². The van der Waals surface area contributed by atoms with Gasteiger partial charge in [0, 0.05) is 26.2 Å². The molecular weight excluding hydrogens is 268 g/mol. The predicted octanol–water partition coefficient (Wildman–Crippen LogP) is 0.605. The first-order chi connectivity index (χ1) is 9.40. The van der Waals surface area contributed by atoms with Crippen molar-refractivity contribution in [3.05, 3.63) is 34.4 Å². The number of ether oxygens (including phenoxy) is 2. The fourth-order valence-electron chi connectivity index (χ4n) is 1.15. The van der Waals surface area contributed by atoms with Crippen molar-refractivity contribution >= 4 is 17.6 Å². The molecule has 0 N–H and O–H groups in total. The van der Waals surface area contributed by atoms with Crippen molar-refractivity contribution in [1.82, 2.24) is 4.90 Å². The summed E-state index contributed by atoms with van der Waals surface area (Å²) in [5.74, 6) is -0.790. The number of carbonyl (C=O) groups excluding carboxylic acids is 2. The van der Waals surface area contributed by atoms with Gasteiger partial charge >= 0.3 is 5.97 Å². The van der Waals surface area contributed by atoms with Crippen molar-refractivity contribution in [1.29, 1.82) is 0 Å². The molecule has 0 bridgehead atoms. The van der Waals surface area contributed by atoms with Gasteiger partial charge in [-0.1, -0.05) is 0 Å². The molecule has 0 aromatic heterocycles. The van der Waals surface area contributed by atoms with E-state index in [0.717, 1.165) is 0 Å². The number of amides is 1. The van der Waals surface area contributed by atoms with E-state index in [1.165, 1.54) is 29.2 Å². The summed E-state index contributed by atoms with van der Waals surface area (Å²) >= 11 is 0. The Bertz CT molecular complexity index is 497. The molecule has 1 aromatic rings. The topological polar surface area (TPSA) is 99.0 Å². The molecule has 0 heterocycles. The Balaban J connectivity index is 2.39. The van der Waals surface area contributed by atoms with Crippen molar-refractivity contribution in [2.24, 2.45) is 0 Å². The van der Waals surface area contributed by atoms with Crippen LogP contribution in [0.4, 0.5) is 5.69 Å². The van der Waals surface area contributed by atoms with Crippen LogP contribution >= 0.6 is 0 Å². The SMILES string of the molecule is CN(C)C(=O)COCC(=O)Oc1ccc([N+](=O)[O-])cc1. The maximum absolute atomic E-state index is 11.4. The second kappa shape index (κ2) is 7.19. The number of hydrogen-bond acceptors (Lipinski definition) is 6. The van der Waals surface area contributed by atoms with E-state index in [0.29, 0.717) is 0 Å². The second-order valence-corrected chi connectivity index (χ2v) is 4.01. The first-order valence-electron chi connectivity index (χ1n) is 5.63. The van der Waals surface area contributed by atoms with Crippen LogP contribution < -0.4 is 4.74 Å². The van der Waals surface area contributed by atoms with Gasteiger partial charge in [-0.25, -0.2) is 4.79 Å². The van der Waals surface area contributed by atoms with Crippen LogP contribution in [-0.4, -0.2) is 49.0 Å². The van der Waals surface area contributed by atoms with Crippen LogP contribution in [0.2, 0.25) is 0 Å². The Morgan fingerprint density at radius 1 is 1.20 bits per heavy atom. The van der Waals surface area contributed by atoms with E-state index in [1.54, 1.807) is 14.1 Å². The maximum atomic E-state index is 11.4. The third-order valence-electron chi connectivity index (χ3n) is 2.22. The Morgan fingerprint density at radius 2 is 1.80 bits per heavy atom. The molecule has 8 heteroatoms. The van der Waals surface area contributed by atoms with Gasteiger partial charge < -0.3 is 14.4 Å². The van der Waals surface area contributed by atoms with Gasteiger partial charge in [-0.3, -0.25) is 14.9 Å². The Morgan fingerprint density at radius 3 is 2.30 bits per heavy atom. The lowest BCUT2D eigenvalue weighted by atomic mass is 10.3. The Kier molecular flexibility index (Phi) is 5.60. The molecule has 0 atom stereocenters. The summed E-state index contributed by atoms with van der Waals surface area (Å²) in [6, 6.07) is 5.06. The summed E-state index contributed by atoms with van der Waals surface area (Å²) in [6.45, 7) is -0.598. The fourth-order valence-corrected chi connectivity index (χ4v) is 1.15. The second-order valence-electron chi connectivity index (χ2n) is 4.01. The van der Waals surface area contributed by atoms with E-state index in [9.17, 15) is 19.7 Å². The highest BCUT2D eigenvalue weighted by Gasteiger charge is 2.10. The molecule has 108 valence electrons. The smallest absolute Gasteiger partial charge is 0.337 e. The molecule has 0 fully saturated rings. The number of nitrogens with zero attached hydrogens (tertiary/aromatic N) is 2. The number of esters is 1. The zero-order valence-corrected chi connectivity index (χ0v) is 11.1. The molecule has 0 saturated carbocycles. The molecule has 8 nitrogen and oxygen atoms in total. The van der Waals surface area contributed by atoms with Crippen molar-refractivity contribution in [3.63, 3.8) is 0 Å². The lowest BCUT2D eigenvalue weighted by Gasteiger charge is -2.10. The number of carbonyl (C=O) groups is 2. The molecule has 1 rings (SSSR count). The minimum absolute atomic E-state index is 0.0994. The molecule has 0 unspecified atom stereocenters. The molecule has 0 saturated heterocycles. The van der Waals surface area contributed by atoms with Crippen LogP contribution in [0.15, 0.2) is 24.3 Å². The molecule has 0 aliphatic heterocycles. The predicted molar refractivity (Wildman–Crippen MR) is 68.2 cm³/mol. The Hall–Kier alpha value is -2.48. The summed E-state index contributed by atoms with van der Waals surface area (Å²) in [6.07, 6.45) is 0. The zero-order chi connectivity index (χ0) is 15.1. The average molecular weight is 282 g/mol. The van der Waals surface area contributed by atoms with Gasteiger partial charge in [0.2, 0.25) is 5.91 Å². The van der Waals surface area contributed by atoms with E-state index in [1.807, 2.05) is 0 Å². The van der Waals surface area contributed by atoms with Crippen LogP contribution in [0.25, 0.3) is 0 Å². The summed E-state index contributed by atoms with van der Waals surface area (Å²) in [5, 5.41) is 10.4. The van der Waals surface area contributed by atoms with E-state index in [-0.39, 0.29) is 30.6 Å². The standard InChI is InChI=1S/C12H14N2O6/c1-13(2)11(15)7-19-8-12(16)20-10-5-3-9(4-6-10)14(17)18/h3-6H,7-8H2,1-2H3. The zero-order valence-electron chi connectivity index (χ0n) is 11.1. The molecule has 1 aromatic carbocycles. The highest BCUT2D eigenvalue weighted by molar-refractivity contribution is 5.78. The summed E-state index contributed by atoms with van der Waals surface area (Å²) in [7, 11) is 3.14. The third-order valence-corrected chi connectivity index (χ3v) is 2.22. The van der Waals surface area contributed by atoms with Gasteiger partial charge in [-0.2, -0.15) is 0 Å². The normalized spacial score (nSPS) is 9.90. The number of rotatable bonds is 6. The van der Waals surface area contributed by atoms with Crippen LogP contribution in [0, 0.1) is 10.1 Å². The van der Waals surface area contributed by atoms with Crippen molar-refractivity contribution < 1.29 is 24.0 Å². The van der Waals surface area contributed by atoms with Gasteiger partial charge in [-0.05, 0) is 12.1 Å². The van der Waals surface area contributed by atoms with Crippen molar-refractivity contribution in [2.45, 2.75) is 0 Å². The van der Waals surface area contributed by atoms with Crippen LogP contribution in [0.5, 0.6) is 5.75 Å². The summed E-state index contributed by atoms with van der Waals surface area (Å²) in [5.41, 5.74) is -0.0994. The monoisotopic (exact) mass is 282 g/mol. The lowest BCUT2D eigenvalue weighted by molar-refractivity contribution is -0.384. The van der Waals surface area contributed by atoms with Gasteiger partial charge in [0.25, 0.3) is 5.69 Å². The molecule has 0 aliphatic carbocycles. The van der Waals surface area contributed by atoms with E-state index >= 15 is 0 Å². The van der Waals surface area contributed by atoms with E-state index in [4.69, 9.17) is 9.47 Å². The van der Waals surface area contributed by atoms with Gasteiger partial charge in [-0.15, -0.1) is 0 Å². The van der Waals surface area contributed by atoms with Crippen LogP contribution in [-0.2, 0) is 14.3 Å². The first kappa shape index (κ1) is 15.6. The maximum Gasteiger partial charge on any atom is 0.337 e. The van der Waals surface area contributed by atoms with Gasteiger partial charge in [0.1, 0.15) is 19.0 Å². The lowest BCUT2D eigenvalue weighted by Crippen LogP contribution is -2.28. The van der Waals surface area contributed by atoms with Crippen molar-refractivity contribution in [2.75, 3.05) is 27.3 Å². The first-order valence-corrected chi connectivity index (χ1v) is 5.63. The minimum atomic E-state index is -0.689. The highest BCUT2D eigenvalue weighted by atomic mass is 16.6. The molecular formula is C12H14N2O6. The number of hydrogen-bond donors (Lipinski definition) is 0. The quantitative estimate of drug-likeness (QED) is 0.328. The number of benzene rings is 1. The third kappa shape index (κ3) is 5.02. The molecule has 0 aliphatic rings. The van der Waals surface area contributed by atoms with E-state index in [2.05, 4.69) is 0 Å². The van der Waals surface area contributed by atoms with Gasteiger partial charge in [0.15, 0.2) is 0 Å². The number of likely N-dealkylation sites (N-methyl/N-ethyl adjacent to an activating group) is 1. The van der Waals surface area contributed by atoms with Crippen LogP contribution in [0.1, 0.15) is 0 Å². The average Bonchev–Trinajstić information content (AvgIpc) is 2.39. The molecule has 1 amide bonds. The van der Waals surface area contributed by atoms with Crippen LogP contribution in [0.3, 0.4) is 0 Å². The van der Waals surface area contributed by atoms with Crippen molar-refractivity contribution in [3.8, 4) is 5.75 Å². The molecule has 0 radical (unpaired) electrons. The van der Waals surface area contributed by atoms with Gasteiger partial charge in [0.05, 0.1) is 4.92 Å². The largest absolute Gasteiger partial charge is 0.425 e. The fraction of sp³-hybridized carbons (Fsp3) is 0.333. The summed E-state index contributed by atoms with van der Waals surface area (Å²) < 4.78 is 9.76. The van der Waals surface area contributed by atoms with E-state index < -0.39 is 10.9 Å². The molecule has 0 spiro atoms. The minimum Gasteiger partial charge on any atom is -0.425 e. The number of non-ortho nitro benzene ring substituents is 1. The highest BCUT2D eigenvalue weighted by Crippen LogP contribution is 2.17. The summed E-state index contributed by atoms with van der Waals surface area (Å²) in [4.78, 5) is 33.8. The molecule has 20 heavy (non-hydrogen) atoms. The number of nitro benzene ring substituents is 1.